The molecule has 1 fully saturated rings. The summed E-state index contributed by atoms with van der Waals surface area (Å²) in [6, 6.07) is 3.16. The molecule has 0 radical (unpaired) electrons. The van der Waals surface area contributed by atoms with Crippen LogP contribution in [-0.2, 0) is 16.6 Å². The molecule has 1 aliphatic rings. The van der Waals surface area contributed by atoms with Crippen LogP contribution >= 0.6 is 0 Å². The molecule has 1 aromatic carbocycles. The van der Waals surface area contributed by atoms with Gasteiger partial charge in [-0.05, 0) is 35.8 Å². The fourth-order valence-electron chi connectivity index (χ4n) is 3.51. The average Bonchev–Trinajstić information content (AvgIpc) is 3.35. The van der Waals surface area contributed by atoms with Crippen LogP contribution in [0.4, 0.5) is 13.2 Å². The maximum atomic E-state index is 14.0. The molecule has 0 amide bonds. The predicted molar refractivity (Wildman–Crippen MR) is 109 cm³/mol. The van der Waals surface area contributed by atoms with Gasteiger partial charge in [0, 0.05) is 29.2 Å². The van der Waals surface area contributed by atoms with E-state index in [4.69, 9.17) is 0 Å². The highest BCUT2D eigenvalue weighted by atomic mass is 32.2. The first kappa shape index (κ1) is 22.2. The first-order valence-electron chi connectivity index (χ1n) is 9.89. The lowest BCUT2D eigenvalue weighted by atomic mass is 9.96. The van der Waals surface area contributed by atoms with Crippen molar-refractivity contribution in [1.82, 2.24) is 9.29 Å². The number of aromatic nitrogens is 1. The van der Waals surface area contributed by atoms with Gasteiger partial charge in [-0.15, -0.1) is 0 Å². The van der Waals surface area contributed by atoms with E-state index in [2.05, 4.69) is 0 Å². The normalized spacial score (nSPS) is 17.3. The molecule has 162 valence electrons. The van der Waals surface area contributed by atoms with Gasteiger partial charge in [0.2, 0.25) is 10.0 Å². The summed E-state index contributed by atoms with van der Waals surface area (Å²) in [6.45, 7) is 10.6. The van der Waals surface area contributed by atoms with Gasteiger partial charge in [0.25, 0.3) is 0 Å². The van der Waals surface area contributed by atoms with Crippen LogP contribution in [0.5, 0.6) is 0 Å². The topological polar surface area (TPSA) is 51.1 Å². The Hall–Kier alpha value is -1.54. The Labute approximate surface area is 170 Å². The highest BCUT2D eigenvalue weighted by Gasteiger charge is 2.47. The zero-order chi connectivity index (χ0) is 21.8. The molecule has 2 aromatic rings. The van der Waals surface area contributed by atoms with Crippen molar-refractivity contribution in [2.75, 3.05) is 0 Å². The van der Waals surface area contributed by atoms with Gasteiger partial charge in [-0.2, -0.15) is 17.9 Å². The van der Waals surface area contributed by atoms with Crippen molar-refractivity contribution < 1.29 is 21.6 Å². The fourth-order valence-corrected chi connectivity index (χ4v) is 5.05. The van der Waals surface area contributed by atoms with Gasteiger partial charge in [-0.1, -0.05) is 46.8 Å². The third kappa shape index (κ3) is 4.97. The number of fused-ring (bicyclic) bond motifs is 1. The Morgan fingerprint density at radius 1 is 1.17 bits per heavy atom. The number of hydrogen-bond donors (Lipinski definition) is 1. The smallest absolute Gasteiger partial charge is 0.347 e. The molecule has 3 rings (SSSR count). The van der Waals surface area contributed by atoms with E-state index in [0.29, 0.717) is 30.3 Å². The second kappa shape index (κ2) is 7.30. The van der Waals surface area contributed by atoms with Gasteiger partial charge >= 0.3 is 6.18 Å². The molecule has 8 heteroatoms. The van der Waals surface area contributed by atoms with Crippen molar-refractivity contribution in [3.63, 3.8) is 0 Å². The van der Waals surface area contributed by atoms with Gasteiger partial charge in [0.1, 0.15) is 6.04 Å². The van der Waals surface area contributed by atoms with E-state index in [1.54, 1.807) is 6.07 Å². The molecular formula is C21H29F3N2O2S. The van der Waals surface area contributed by atoms with E-state index in [0.717, 1.165) is 5.56 Å². The zero-order valence-electron chi connectivity index (χ0n) is 17.5. The monoisotopic (exact) mass is 430 g/mol. The highest BCUT2D eigenvalue weighted by Crippen LogP contribution is 2.40. The molecular weight excluding hydrogens is 401 g/mol. The third-order valence-corrected chi connectivity index (χ3v) is 7.05. The maximum Gasteiger partial charge on any atom is 0.408 e. The van der Waals surface area contributed by atoms with Crippen molar-refractivity contribution in [2.24, 2.45) is 5.41 Å². The van der Waals surface area contributed by atoms with Crippen LogP contribution in [0.25, 0.3) is 10.9 Å². The number of hydrogen-bond acceptors (Lipinski definition) is 2. The maximum absolute atomic E-state index is 14.0. The lowest BCUT2D eigenvalue weighted by Crippen LogP contribution is -2.39. The molecule has 1 saturated carbocycles. The van der Waals surface area contributed by atoms with Gasteiger partial charge in [0.15, 0.2) is 0 Å². The largest absolute Gasteiger partial charge is 0.408 e. The molecule has 1 N–H and O–H groups in total. The zero-order valence-corrected chi connectivity index (χ0v) is 18.3. The van der Waals surface area contributed by atoms with Gasteiger partial charge in [0.05, 0.1) is 5.25 Å². The van der Waals surface area contributed by atoms with Gasteiger partial charge in [-0.3, -0.25) is 0 Å². The number of benzene rings is 1. The quantitative estimate of drug-likeness (QED) is 0.658. The minimum atomic E-state index is -4.74. The minimum absolute atomic E-state index is 0.0451. The average molecular weight is 431 g/mol. The summed E-state index contributed by atoms with van der Waals surface area (Å²) >= 11 is 0. The second-order valence-electron chi connectivity index (χ2n) is 9.54. The van der Waals surface area contributed by atoms with Crippen molar-refractivity contribution in [3.05, 3.63) is 35.5 Å². The van der Waals surface area contributed by atoms with Crippen LogP contribution in [0.2, 0.25) is 0 Å². The Bertz CT molecular complexity index is 997. The fraction of sp³-hybridized carbons (Fsp3) is 0.619. The van der Waals surface area contributed by atoms with Crippen LogP contribution in [0.1, 0.15) is 70.5 Å². The number of alkyl halides is 3. The minimum Gasteiger partial charge on any atom is -0.347 e. The lowest BCUT2D eigenvalue weighted by molar-refractivity contribution is -0.152. The standard InChI is InChI=1S/C21H29F3N2O2S/c1-13(2)14-6-9-16-17(11-26(18(16)10-14)12-20(3,4)5)19(21(22,23)24)25-29(27,28)15-7-8-15/h6,9-11,13,15,19,25H,7-8,12H2,1-5H3/t19-/m0/s1. The molecule has 1 atom stereocenters. The lowest BCUT2D eigenvalue weighted by Gasteiger charge is -2.22. The summed E-state index contributed by atoms with van der Waals surface area (Å²) in [5, 5.41) is -0.290. The highest BCUT2D eigenvalue weighted by molar-refractivity contribution is 7.90. The molecule has 0 unspecified atom stereocenters. The summed E-state index contributed by atoms with van der Waals surface area (Å²) in [7, 11) is -4.01. The summed E-state index contributed by atoms with van der Waals surface area (Å²) in [5.41, 5.74) is 1.52. The second-order valence-corrected chi connectivity index (χ2v) is 11.5. The first-order chi connectivity index (χ1) is 13.2. The van der Waals surface area contributed by atoms with Crippen molar-refractivity contribution in [2.45, 2.75) is 77.4 Å². The van der Waals surface area contributed by atoms with E-state index in [1.807, 2.05) is 56.0 Å². The molecule has 1 heterocycles. The third-order valence-electron chi connectivity index (χ3n) is 5.13. The first-order valence-corrected chi connectivity index (χ1v) is 11.4. The Morgan fingerprint density at radius 2 is 1.79 bits per heavy atom. The summed E-state index contributed by atoms with van der Waals surface area (Å²) in [5.74, 6) is 0.229. The van der Waals surface area contributed by atoms with Crippen molar-refractivity contribution >= 4 is 20.9 Å². The molecule has 0 spiro atoms. The van der Waals surface area contributed by atoms with E-state index < -0.39 is 27.5 Å². The van der Waals surface area contributed by atoms with E-state index >= 15 is 0 Å². The van der Waals surface area contributed by atoms with E-state index in [1.165, 1.54) is 6.20 Å². The molecule has 1 aliphatic carbocycles. The van der Waals surface area contributed by atoms with Crippen LogP contribution in [-0.4, -0.2) is 24.4 Å². The van der Waals surface area contributed by atoms with Crippen LogP contribution in [0.15, 0.2) is 24.4 Å². The Balaban J connectivity index is 2.17. The van der Waals surface area contributed by atoms with Crippen molar-refractivity contribution in [3.8, 4) is 0 Å². The summed E-state index contributed by atoms with van der Waals surface area (Å²) < 4.78 is 70.3. The van der Waals surface area contributed by atoms with Crippen LogP contribution in [0.3, 0.4) is 0 Å². The van der Waals surface area contributed by atoms with E-state index in [-0.39, 0.29) is 16.9 Å². The molecule has 0 bridgehead atoms. The predicted octanol–water partition coefficient (Wildman–Crippen LogP) is 5.50. The Morgan fingerprint density at radius 3 is 2.28 bits per heavy atom. The number of nitrogens with zero attached hydrogens (tertiary/aromatic N) is 1. The van der Waals surface area contributed by atoms with Gasteiger partial charge < -0.3 is 4.57 Å². The molecule has 0 aliphatic heterocycles. The van der Waals surface area contributed by atoms with Crippen molar-refractivity contribution in [1.29, 1.82) is 0 Å². The van der Waals surface area contributed by atoms with Crippen LogP contribution < -0.4 is 4.72 Å². The number of nitrogens with one attached hydrogen (secondary N) is 1. The summed E-state index contributed by atoms with van der Waals surface area (Å²) in [4.78, 5) is 0. The SMILES string of the molecule is CC(C)c1ccc2c([C@H](NS(=O)(=O)C3CC3)C(F)(F)F)cn(CC(C)(C)C)c2c1. The van der Waals surface area contributed by atoms with Gasteiger partial charge in [-0.25, -0.2) is 8.42 Å². The number of sulfonamides is 1. The molecule has 0 saturated heterocycles. The van der Waals surface area contributed by atoms with Crippen LogP contribution in [0, 0.1) is 5.41 Å². The number of rotatable bonds is 6. The van der Waals surface area contributed by atoms with E-state index in [9.17, 15) is 21.6 Å². The Kier molecular flexibility index (Phi) is 5.58. The molecule has 4 nitrogen and oxygen atoms in total. The molecule has 1 aromatic heterocycles. The molecule has 29 heavy (non-hydrogen) atoms. The summed E-state index contributed by atoms with van der Waals surface area (Å²) in [6.07, 6.45) is -2.46. The number of halogens is 3.